The first-order valence-corrected chi connectivity index (χ1v) is 13.3. The molecule has 2 saturated heterocycles. The van der Waals surface area contributed by atoms with Crippen molar-refractivity contribution in [1.29, 1.82) is 0 Å². The van der Waals surface area contributed by atoms with E-state index in [9.17, 15) is 13.2 Å². The van der Waals surface area contributed by atoms with Gasteiger partial charge in [0.05, 0.1) is 30.9 Å². The largest absolute Gasteiger partial charge is 0.495 e. The summed E-state index contributed by atoms with van der Waals surface area (Å²) in [5.41, 5.74) is 0.865. The molecule has 0 aliphatic carbocycles. The Balaban J connectivity index is 1.30. The maximum absolute atomic E-state index is 13.0. The Morgan fingerprint density at radius 3 is 2.38 bits per heavy atom. The number of sulfonamides is 1. The highest BCUT2D eigenvalue weighted by Crippen LogP contribution is 2.27. The highest BCUT2D eigenvalue weighted by atomic mass is 32.2. The standard InChI is InChI=1S/C25H33N3O5S/c1-32-24-5-3-2-4-23(24)26-34(30,31)22-8-6-21(7-9-22)25(29)28-14-11-20(12-15-28)10-13-27-16-18-33-19-17-27/h2-9,20,26H,10-19H2,1H3. The van der Waals surface area contributed by atoms with Gasteiger partial charge in [-0.2, -0.15) is 0 Å². The molecule has 0 bridgehead atoms. The number of morpholine rings is 1. The molecule has 0 atom stereocenters. The zero-order valence-corrected chi connectivity index (χ0v) is 20.4. The van der Waals surface area contributed by atoms with Gasteiger partial charge in [0.2, 0.25) is 0 Å². The van der Waals surface area contributed by atoms with Crippen LogP contribution in [0.4, 0.5) is 5.69 Å². The number of hydrogen-bond acceptors (Lipinski definition) is 6. The van der Waals surface area contributed by atoms with Gasteiger partial charge in [0.1, 0.15) is 5.75 Å². The molecule has 9 heteroatoms. The van der Waals surface area contributed by atoms with Crippen LogP contribution in [-0.2, 0) is 14.8 Å². The number of para-hydroxylation sites is 2. The third kappa shape index (κ3) is 6.08. The molecule has 2 aromatic rings. The molecule has 0 aromatic heterocycles. The van der Waals surface area contributed by atoms with Crippen LogP contribution in [0.3, 0.4) is 0 Å². The molecule has 2 aliphatic heterocycles. The van der Waals surface area contributed by atoms with Gasteiger partial charge in [0.25, 0.3) is 15.9 Å². The van der Waals surface area contributed by atoms with Gasteiger partial charge < -0.3 is 14.4 Å². The molecule has 34 heavy (non-hydrogen) atoms. The van der Waals surface area contributed by atoms with E-state index in [1.807, 2.05) is 4.90 Å². The van der Waals surface area contributed by atoms with E-state index in [4.69, 9.17) is 9.47 Å². The number of carbonyl (C=O) groups is 1. The summed E-state index contributed by atoms with van der Waals surface area (Å²) >= 11 is 0. The van der Waals surface area contributed by atoms with Crippen LogP contribution < -0.4 is 9.46 Å². The molecule has 184 valence electrons. The monoisotopic (exact) mass is 487 g/mol. The number of hydrogen-bond donors (Lipinski definition) is 1. The minimum Gasteiger partial charge on any atom is -0.495 e. The van der Waals surface area contributed by atoms with Crippen molar-refractivity contribution in [3.63, 3.8) is 0 Å². The predicted octanol–water partition coefficient (Wildman–Crippen LogP) is 3.07. The molecule has 4 rings (SSSR count). The summed E-state index contributed by atoms with van der Waals surface area (Å²) < 4.78 is 38.8. The summed E-state index contributed by atoms with van der Waals surface area (Å²) in [5, 5.41) is 0. The summed E-state index contributed by atoms with van der Waals surface area (Å²) in [7, 11) is -2.32. The lowest BCUT2D eigenvalue weighted by atomic mass is 9.93. The van der Waals surface area contributed by atoms with E-state index in [0.717, 1.165) is 65.2 Å². The summed E-state index contributed by atoms with van der Waals surface area (Å²) in [6.45, 7) is 6.24. The quantitative estimate of drug-likeness (QED) is 0.616. The van der Waals surface area contributed by atoms with E-state index in [2.05, 4.69) is 9.62 Å². The zero-order valence-electron chi connectivity index (χ0n) is 19.6. The van der Waals surface area contributed by atoms with Gasteiger partial charge in [-0.25, -0.2) is 8.42 Å². The Morgan fingerprint density at radius 1 is 1.03 bits per heavy atom. The number of nitrogens with zero attached hydrogens (tertiary/aromatic N) is 2. The SMILES string of the molecule is COc1ccccc1NS(=O)(=O)c1ccc(C(=O)N2CCC(CCN3CCOCC3)CC2)cc1. The molecule has 1 N–H and O–H groups in total. The van der Waals surface area contributed by atoms with Crippen LogP contribution >= 0.6 is 0 Å². The number of rotatable bonds is 8. The fourth-order valence-corrected chi connectivity index (χ4v) is 5.58. The summed E-state index contributed by atoms with van der Waals surface area (Å²) in [4.78, 5) is 17.4. The van der Waals surface area contributed by atoms with E-state index >= 15 is 0 Å². The number of benzene rings is 2. The van der Waals surface area contributed by atoms with E-state index in [1.165, 1.54) is 19.2 Å². The highest BCUT2D eigenvalue weighted by Gasteiger charge is 2.25. The van der Waals surface area contributed by atoms with Crippen LogP contribution in [0.25, 0.3) is 0 Å². The molecule has 0 radical (unpaired) electrons. The third-order valence-electron chi connectivity index (χ3n) is 6.62. The summed E-state index contributed by atoms with van der Waals surface area (Å²) in [5.74, 6) is 1.03. The number of amides is 1. The second kappa shape index (κ2) is 11.2. The molecule has 8 nitrogen and oxygen atoms in total. The lowest BCUT2D eigenvalue weighted by molar-refractivity contribution is 0.0332. The molecule has 2 heterocycles. The van der Waals surface area contributed by atoms with E-state index in [1.54, 1.807) is 36.4 Å². The number of methoxy groups -OCH3 is 1. The normalized spacial score (nSPS) is 18.0. The topological polar surface area (TPSA) is 88.2 Å². The smallest absolute Gasteiger partial charge is 0.262 e. The Hall–Kier alpha value is -2.62. The maximum Gasteiger partial charge on any atom is 0.262 e. The molecule has 2 aromatic carbocycles. The average Bonchev–Trinajstić information content (AvgIpc) is 2.88. The Kier molecular flexibility index (Phi) is 8.07. The molecule has 1 amide bonds. The van der Waals surface area contributed by atoms with Gasteiger partial charge in [-0.05, 0) is 68.1 Å². The fourth-order valence-electron chi connectivity index (χ4n) is 4.51. The Labute approximate surface area is 201 Å². The number of nitrogens with one attached hydrogen (secondary N) is 1. The van der Waals surface area contributed by atoms with Crippen molar-refractivity contribution in [2.75, 3.05) is 57.8 Å². The van der Waals surface area contributed by atoms with Crippen LogP contribution in [0.2, 0.25) is 0 Å². The van der Waals surface area contributed by atoms with Crippen molar-refractivity contribution in [3.05, 3.63) is 54.1 Å². The van der Waals surface area contributed by atoms with Gasteiger partial charge in [0, 0.05) is 31.7 Å². The Morgan fingerprint density at radius 2 is 1.71 bits per heavy atom. The van der Waals surface area contributed by atoms with Crippen LogP contribution in [0.5, 0.6) is 5.75 Å². The van der Waals surface area contributed by atoms with E-state index < -0.39 is 10.0 Å². The molecular formula is C25H33N3O5S. The van der Waals surface area contributed by atoms with Gasteiger partial charge in [-0.3, -0.25) is 14.4 Å². The maximum atomic E-state index is 13.0. The molecule has 0 spiro atoms. The van der Waals surface area contributed by atoms with E-state index in [0.29, 0.717) is 22.9 Å². The lowest BCUT2D eigenvalue weighted by Crippen LogP contribution is -2.40. The van der Waals surface area contributed by atoms with Crippen molar-refractivity contribution in [1.82, 2.24) is 9.80 Å². The van der Waals surface area contributed by atoms with Crippen molar-refractivity contribution in [2.45, 2.75) is 24.2 Å². The fraction of sp³-hybridized carbons (Fsp3) is 0.480. The third-order valence-corrected chi connectivity index (χ3v) is 8.00. The van der Waals surface area contributed by atoms with Gasteiger partial charge in [-0.15, -0.1) is 0 Å². The number of piperidine rings is 1. The van der Waals surface area contributed by atoms with Crippen LogP contribution in [0, 0.1) is 5.92 Å². The van der Waals surface area contributed by atoms with Crippen molar-refractivity contribution in [3.8, 4) is 5.75 Å². The lowest BCUT2D eigenvalue weighted by Gasteiger charge is -2.34. The number of ether oxygens (including phenoxy) is 2. The van der Waals surface area contributed by atoms with Gasteiger partial charge in [0.15, 0.2) is 0 Å². The molecule has 2 fully saturated rings. The van der Waals surface area contributed by atoms with Crippen molar-refractivity contribution >= 4 is 21.6 Å². The molecular weight excluding hydrogens is 454 g/mol. The predicted molar refractivity (Wildman–Crippen MR) is 131 cm³/mol. The van der Waals surface area contributed by atoms with Crippen LogP contribution in [0.1, 0.15) is 29.6 Å². The molecule has 2 aliphatic rings. The molecule has 0 unspecified atom stereocenters. The summed E-state index contributed by atoms with van der Waals surface area (Å²) in [6.07, 6.45) is 3.17. The number of anilines is 1. The van der Waals surface area contributed by atoms with Crippen LogP contribution in [-0.4, -0.2) is 77.2 Å². The average molecular weight is 488 g/mol. The first-order valence-electron chi connectivity index (χ1n) is 11.8. The highest BCUT2D eigenvalue weighted by molar-refractivity contribution is 7.92. The van der Waals surface area contributed by atoms with E-state index in [-0.39, 0.29) is 10.8 Å². The second-order valence-electron chi connectivity index (χ2n) is 8.81. The Bertz CT molecular complexity index is 1060. The number of carbonyl (C=O) groups excluding carboxylic acids is 1. The first-order chi connectivity index (χ1) is 16.5. The molecule has 0 saturated carbocycles. The minimum absolute atomic E-state index is 0.0479. The minimum atomic E-state index is -3.80. The first kappa shape index (κ1) is 24.5. The summed E-state index contributed by atoms with van der Waals surface area (Å²) in [6, 6.07) is 12.9. The van der Waals surface area contributed by atoms with Gasteiger partial charge >= 0.3 is 0 Å². The zero-order chi connectivity index (χ0) is 24.0. The number of likely N-dealkylation sites (tertiary alicyclic amines) is 1. The van der Waals surface area contributed by atoms with Crippen molar-refractivity contribution in [2.24, 2.45) is 5.92 Å². The van der Waals surface area contributed by atoms with Crippen molar-refractivity contribution < 1.29 is 22.7 Å². The second-order valence-corrected chi connectivity index (χ2v) is 10.5. The van der Waals surface area contributed by atoms with Crippen LogP contribution in [0.15, 0.2) is 53.4 Å². The van der Waals surface area contributed by atoms with Gasteiger partial charge in [-0.1, -0.05) is 12.1 Å².